The summed E-state index contributed by atoms with van der Waals surface area (Å²) in [5, 5.41) is 3.90. The highest BCUT2D eigenvalue weighted by molar-refractivity contribution is 6.36. The molecule has 0 aromatic heterocycles. The Morgan fingerprint density at radius 2 is 1.71 bits per heavy atom. The second-order valence-electron chi connectivity index (χ2n) is 8.01. The van der Waals surface area contributed by atoms with Crippen LogP contribution in [0.2, 0.25) is 10.0 Å². The Morgan fingerprint density at radius 3 is 2.35 bits per heavy atom. The molecule has 0 radical (unpaired) electrons. The summed E-state index contributed by atoms with van der Waals surface area (Å²) >= 11 is 12.6. The number of nitrogens with one attached hydrogen (secondary N) is 1. The number of amides is 2. The monoisotopic (exact) mass is 464 g/mol. The molecule has 0 saturated heterocycles. The molecule has 1 N–H and O–H groups in total. The maximum absolute atomic E-state index is 14.1. The van der Waals surface area contributed by atoms with E-state index >= 15 is 0 Å². The second kappa shape index (κ2) is 11.0. The molecule has 0 aliphatic heterocycles. The van der Waals surface area contributed by atoms with Crippen LogP contribution < -0.4 is 5.32 Å². The second-order valence-corrected chi connectivity index (χ2v) is 8.82. The quantitative estimate of drug-likeness (QED) is 0.584. The smallest absolute Gasteiger partial charge is 0.242 e. The van der Waals surface area contributed by atoms with Crippen molar-refractivity contribution in [3.8, 4) is 0 Å². The fourth-order valence-electron chi connectivity index (χ4n) is 3.91. The Kier molecular flexibility index (Phi) is 8.33. The number of halogens is 3. The number of hydrogen-bond donors (Lipinski definition) is 1. The van der Waals surface area contributed by atoms with E-state index in [0.717, 1.165) is 25.7 Å². The molecule has 0 spiro atoms. The number of hydrogen-bond acceptors (Lipinski definition) is 2. The Morgan fingerprint density at radius 1 is 1.06 bits per heavy atom. The van der Waals surface area contributed by atoms with Crippen molar-refractivity contribution >= 4 is 35.0 Å². The first-order valence-electron chi connectivity index (χ1n) is 10.6. The third kappa shape index (κ3) is 6.20. The molecule has 1 fully saturated rings. The standard InChI is InChI=1S/C24H27Cl2FN2O2/c1-16(24(31)28-18-9-3-2-4-10-18)29(15-19-20(25)11-7-12-21(19)26)23(30)14-17-8-5-6-13-22(17)27/h5-8,11-13,16,18H,2-4,9-10,14-15H2,1H3,(H,28,31). The minimum atomic E-state index is -0.756. The van der Waals surface area contributed by atoms with Crippen LogP contribution in [0, 0.1) is 5.82 Å². The first kappa shape index (κ1) is 23.6. The third-order valence-corrected chi connectivity index (χ3v) is 6.52. The van der Waals surface area contributed by atoms with Crippen LogP contribution in [-0.2, 0) is 22.6 Å². The summed E-state index contributed by atoms with van der Waals surface area (Å²) in [5.74, 6) is -1.05. The molecular formula is C24H27Cl2FN2O2. The lowest BCUT2D eigenvalue weighted by molar-refractivity contribution is -0.140. The van der Waals surface area contributed by atoms with Crippen LogP contribution in [0.3, 0.4) is 0 Å². The van der Waals surface area contributed by atoms with Crippen LogP contribution >= 0.6 is 23.2 Å². The van der Waals surface area contributed by atoms with Crippen molar-refractivity contribution in [3.63, 3.8) is 0 Å². The summed E-state index contributed by atoms with van der Waals surface area (Å²) in [6.45, 7) is 1.74. The highest BCUT2D eigenvalue weighted by atomic mass is 35.5. The van der Waals surface area contributed by atoms with Gasteiger partial charge in [-0.2, -0.15) is 0 Å². The molecule has 1 saturated carbocycles. The Bertz CT molecular complexity index is 911. The molecule has 1 aliphatic carbocycles. The van der Waals surface area contributed by atoms with Gasteiger partial charge in [-0.3, -0.25) is 9.59 Å². The van der Waals surface area contributed by atoms with Gasteiger partial charge in [0.25, 0.3) is 0 Å². The molecule has 1 atom stereocenters. The topological polar surface area (TPSA) is 49.4 Å². The van der Waals surface area contributed by atoms with Crippen molar-refractivity contribution in [1.82, 2.24) is 10.2 Å². The summed E-state index contributed by atoms with van der Waals surface area (Å²) in [4.78, 5) is 27.6. The van der Waals surface area contributed by atoms with Crippen LogP contribution in [0.25, 0.3) is 0 Å². The Labute approximate surface area is 192 Å². The van der Waals surface area contributed by atoms with E-state index in [1.165, 1.54) is 17.4 Å². The normalized spacial score (nSPS) is 15.4. The molecule has 3 rings (SSSR count). The largest absolute Gasteiger partial charge is 0.352 e. The van der Waals surface area contributed by atoms with Crippen molar-refractivity contribution in [2.24, 2.45) is 0 Å². The number of rotatable bonds is 7. The lowest BCUT2D eigenvalue weighted by Crippen LogP contribution is -2.50. The van der Waals surface area contributed by atoms with E-state index in [4.69, 9.17) is 23.2 Å². The van der Waals surface area contributed by atoms with Gasteiger partial charge in [-0.1, -0.05) is 66.7 Å². The van der Waals surface area contributed by atoms with E-state index in [-0.39, 0.29) is 36.4 Å². The van der Waals surface area contributed by atoms with Gasteiger partial charge in [0.1, 0.15) is 11.9 Å². The summed E-state index contributed by atoms with van der Waals surface area (Å²) in [6, 6.07) is 10.6. The zero-order chi connectivity index (χ0) is 22.4. The van der Waals surface area contributed by atoms with Crippen molar-refractivity contribution < 1.29 is 14.0 Å². The minimum Gasteiger partial charge on any atom is -0.352 e. The molecular weight excluding hydrogens is 438 g/mol. The van der Waals surface area contributed by atoms with Gasteiger partial charge in [-0.25, -0.2) is 4.39 Å². The molecule has 7 heteroatoms. The lowest BCUT2D eigenvalue weighted by Gasteiger charge is -2.31. The van der Waals surface area contributed by atoms with Crippen LogP contribution in [0.5, 0.6) is 0 Å². The molecule has 2 amide bonds. The highest BCUT2D eigenvalue weighted by Gasteiger charge is 2.29. The predicted molar refractivity (Wildman–Crippen MR) is 122 cm³/mol. The third-order valence-electron chi connectivity index (χ3n) is 5.81. The first-order valence-corrected chi connectivity index (χ1v) is 11.4. The zero-order valence-corrected chi connectivity index (χ0v) is 19.1. The van der Waals surface area contributed by atoms with Gasteiger partial charge in [-0.15, -0.1) is 0 Å². The lowest BCUT2D eigenvalue weighted by atomic mass is 9.95. The highest BCUT2D eigenvalue weighted by Crippen LogP contribution is 2.27. The van der Waals surface area contributed by atoms with Crippen LogP contribution in [0.4, 0.5) is 4.39 Å². The average Bonchev–Trinajstić information content (AvgIpc) is 2.75. The first-order chi connectivity index (χ1) is 14.9. The van der Waals surface area contributed by atoms with Gasteiger partial charge in [0.05, 0.1) is 6.42 Å². The summed E-state index contributed by atoms with van der Waals surface area (Å²) in [7, 11) is 0. The van der Waals surface area contributed by atoms with E-state index in [1.54, 1.807) is 43.3 Å². The Balaban J connectivity index is 1.82. The summed E-state index contributed by atoms with van der Waals surface area (Å²) in [5.41, 5.74) is 0.840. The number of nitrogens with zero attached hydrogens (tertiary/aromatic N) is 1. The maximum atomic E-state index is 14.1. The molecule has 1 aliphatic rings. The molecule has 166 valence electrons. The van der Waals surface area contributed by atoms with Gasteiger partial charge >= 0.3 is 0 Å². The number of carbonyl (C=O) groups excluding carboxylic acids is 2. The van der Waals surface area contributed by atoms with Gasteiger partial charge < -0.3 is 10.2 Å². The van der Waals surface area contributed by atoms with Gasteiger partial charge in [0, 0.05) is 28.2 Å². The molecule has 0 heterocycles. The van der Waals surface area contributed by atoms with Crippen molar-refractivity contribution in [1.29, 1.82) is 0 Å². The molecule has 0 bridgehead atoms. The van der Waals surface area contributed by atoms with E-state index < -0.39 is 11.9 Å². The molecule has 4 nitrogen and oxygen atoms in total. The SMILES string of the molecule is CC(C(=O)NC1CCCCC1)N(Cc1c(Cl)cccc1Cl)C(=O)Cc1ccccc1F. The van der Waals surface area contributed by atoms with Crippen LogP contribution in [0.15, 0.2) is 42.5 Å². The van der Waals surface area contributed by atoms with E-state index in [0.29, 0.717) is 15.6 Å². The molecule has 1 unspecified atom stereocenters. The molecule has 31 heavy (non-hydrogen) atoms. The Hall–Kier alpha value is -2.11. The molecule has 2 aromatic carbocycles. The predicted octanol–water partition coefficient (Wildman–Crippen LogP) is 5.54. The number of carbonyl (C=O) groups is 2. The fourth-order valence-corrected chi connectivity index (χ4v) is 4.43. The fraction of sp³-hybridized carbons (Fsp3) is 0.417. The summed E-state index contributed by atoms with van der Waals surface area (Å²) in [6.07, 6.45) is 5.08. The average molecular weight is 465 g/mol. The van der Waals surface area contributed by atoms with E-state index in [2.05, 4.69) is 5.32 Å². The van der Waals surface area contributed by atoms with Crippen molar-refractivity contribution in [2.75, 3.05) is 0 Å². The van der Waals surface area contributed by atoms with E-state index in [9.17, 15) is 14.0 Å². The van der Waals surface area contributed by atoms with Crippen LogP contribution in [-0.4, -0.2) is 28.8 Å². The van der Waals surface area contributed by atoms with Gasteiger partial charge in [-0.05, 0) is 43.5 Å². The maximum Gasteiger partial charge on any atom is 0.242 e. The summed E-state index contributed by atoms with van der Waals surface area (Å²) < 4.78 is 14.1. The van der Waals surface area contributed by atoms with Crippen molar-refractivity contribution in [2.45, 2.75) is 64.1 Å². The van der Waals surface area contributed by atoms with Crippen molar-refractivity contribution in [3.05, 3.63) is 69.5 Å². The van der Waals surface area contributed by atoms with Crippen LogP contribution in [0.1, 0.15) is 50.2 Å². The molecule has 2 aromatic rings. The zero-order valence-electron chi connectivity index (χ0n) is 17.5. The van der Waals surface area contributed by atoms with Gasteiger partial charge in [0.2, 0.25) is 11.8 Å². The number of benzene rings is 2. The minimum absolute atomic E-state index is 0.0606. The van der Waals surface area contributed by atoms with E-state index in [1.807, 2.05) is 0 Å². The van der Waals surface area contributed by atoms with Gasteiger partial charge in [0.15, 0.2) is 0 Å².